The van der Waals surface area contributed by atoms with Gasteiger partial charge in [0.15, 0.2) is 0 Å². The van der Waals surface area contributed by atoms with Gasteiger partial charge < -0.3 is 10.4 Å². The zero-order valence-corrected chi connectivity index (χ0v) is 21.9. The number of β-lactam (4-membered cyclic amide) rings is 1. The van der Waals surface area contributed by atoms with Crippen molar-refractivity contribution in [2.45, 2.75) is 22.9 Å². The number of carboxylic acid groups (broad SMARTS) is 1. The van der Waals surface area contributed by atoms with E-state index in [9.17, 15) is 19.5 Å². The van der Waals surface area contributed by atoms with Gasteiger partial charge in [-0.25, -0.2) is 9.78 Å². The number of carbonyl (C=O) groups excluding carboxylic acids is 2. The Labute approximate surface area is 226 Å². The predicted molar refractivity (Wildman–Crippen MR) is 133 cm³/mol. The summed E-state index contributed by atoms with van der Waals surface area (Å²) in [7, 11) is 0. The van der Waals surface area contributed by atoms with E-state index in [1.54, 1.807) is 0 Å². The quantitative estimate of drug-likeness (QED) is 0.397. The Balaban J connectivity index is 0.00000274. The maximum absolute atomic E-state index is 12.8. The summed E-state index contributed by atoms with van der Waals surface area (Å²) in [6.07, 6.45) is 0.165. The van der Waals surface area contributed by atoms with Crippen LogP contribution in [0.15, 0.2) is 82.4 Å². The number of para-hydroxylation sites is 1. The molecule has 167 valence electrons. The molecule has 2 N–H and O–H groups in total. The second-order valence-electron chi connectivity index (χ2n) is 7.64. The van der Waals surface area contributed by atoms with Gasteiger partial charge in [-0.1, -0.05) is 66.4 Å². The SMILES string of the molecule is O=C(Cc1ccccc1)N[C@@H]1C(=O)N2C(C(=O)O)=C(Sc3ccc4ccccc4n3)CS[C@H]12.[Na]. The van der Waals surface area contributed by atoms with Gasteiger partial charge in [-0.2, -0.15) is 0 Å². The maximum Gasteiger partial charge on any atom is 0.353 e. The van der Waals surface area contributed by atoms with Crippen LogP contribution in [0.5, 0.6) is 0 Å². The first-order chi connectivity index (χ1) is 16.0. The van der Waals surface area contributed by atoms with Crippen LogP contribution in [0.2, 0.25) is 0 Å². The standard InChI is InChI=1S/C24H19N3O4S2.Na/c28-18(12-14-6-2-1-3-7-14)26-20-22(29)27-21(24(30)31)17(13-32-23(20)27)33-19-11-10-15-8-4-5-9-16(15)25-19;/h1-11,20,23H,12-13H2,(H,26,28)(H,30,31);/t20-,23-;/m1./s1. The van der Waals surface area contributed by atoms with Crippen LogP contribution < -0.4 is 5.32 Å². The fraction of sp³-hybridized carbons (Fsp3) is 0.167. The predicted octanol–water partition coefficient (Wildman–Crippen LogP) is 2.88. The van der Waals surface area contributed by atoms with E-state index in [2.05, 4.69) is 10.3 Å². The molecule has 2 aromatic carbocycles. The van der Waals surface area contributed by atoms with Gasteiger partial charge in [0.1, 0.15) is 22.1 Å². The fourth-order valence-corrected chi connectivity index (χ4v) is 6.35. The van der Waals surface area contributed by atoms with Crippen molar-refractivity contribution in [1.82, 2.24) is 15.2 Å². The summed E-state index contributed by atoms with van der Waals surface area (Å²) in [4.78, 5) is 43.8. The van der Waals surface area contributed by atoms with Crippen molar-refractivity contribution < 1.29 is 19.5 Å². The number of aliphatic carboxylic acids is 1. The minimum atomic E-state index is -1.16. The van der Waals surface area contributed by atoms with Crippen LogP contribution in [-0.2, 0) is 20.8 Å². The zero-order valence-electron chi connectivity index (χ0n) is 18.3. The third-order valence-corrected chi connectivity index (χ3v) is 7.94. The Hall–Kier alpha value is -2.30. The van der Waals surface area contributed by atoms with Gasteiger partial charge >= 0.3 is 5.97 Å². The number of fused-ring (bicyclic) bond motifs is 2. The third-order valence-electron chi connectivity index (χ3n) is 5.46. The molecule has 2 amide bonds. The second kappa shape index (κ2) is 10.5. The normalized spacial score (nSPS) is 19.2. The number of aromatic nitrogens is 1. The Kier molecular flexibility index (Phi) is 7.69. The maximum atomic E-state index is 12.8. The average molecular weight is 501 g/mol. The summed E-state index contributed by atoms with van der Waals surface area (Å²) in [5, 5.41) is 13.9. The first-order valence-electron chi connectivity index (χ1n) is 10.3. The van der Waals surface area contributed by atoms with Gasteiger partial charge in [-0.3, -0.25) is 14.5 Å². The number of benzene rings is 2. The molecule has 7 nitrogen and oxygen atoms in total. The van der Waals surface area contributed by atoms with Crippen LogP contribution in [0.4, 0.5) is 0 Å². The molecule has 0 saturated carbocycles. The van der Waals surface area contributed by atoms with Crippen LogP contribution in [0.1, 0.15) is 5.56 Å². The van der Waals surface area contributed by atoms with E-state index in [4.69, 9.17) is 0 Å². The van der Waals surface area contributed by atoms with Crippen LogP contribution in [0.3, 0.4) is 0 Å². The summed E-state index contributed by atoms with van der Waals surface area (Å²) in [5.41, 5.74) is 1.64. The summed E-state index contributed by atoms with van der Waals surface area (Å²) >= 11 is 2.71. The first kappa shape index (κ1) is 24.8. The van der Waals surface area contributed by atoms with Crippen LogP contribution in [0, 0.1) is 0 Å². The van der Waals surface area contributed by atoms with Crippen molar-refractivity contribution in [1.29, 1.82) is 0 Å². The number of hydrogen-bond donors (Lipinski definition) is 2. The number of carbonyl (C=O) groups is 3. The van der Waals surface area contributed by atoms with Gasteiger partial charge in [-0.05, 0) is 17.7 Å². The Morgan fingerprint density at radius 1 is 1.09 bits per heavy atom. The van der Waals surface area contributed by atoms with Crippen LogP contribution in [-0.4, -0.2) is 79.5 Å². The van der Waals surface area contributed by atoms with Gasteiger partial charge in [0.05, 0.1) is 11.9 Å². The van der Waals surface area contributed by atoms with Gasteiger partial charge in [0.2, 0.25) is 5.91 Å². The third kappa shape index (κ3) is 4.89. The van der Waals surface area contributed by atoms with E-state index in [0.717, 1.165) is 16.5 Å². The molecule has 34 heavy (non-hydrogen) atoms. The second-order valence-corrected chi connectivity index (χ2v) is 9.86. The van der Waals surface area contributed by atoms with Crippen molar-refractivity contribution in [3.8, 4) is 0 Å². The molecular weight excluding hydrogens is 481 g/mol. The number of nitrogens with one attached hydrogen (secondary N) is 1. The molecule has 1 radical (unpaired) electrons. The monoisotopic (exact) mass is 500 g/mol. The number of nitrogens with zero attached hydrogens (tertiary/aromatic N) is 2. The Morgan fingerprint density at radius 2 is 1.82 bits per heavy atom. The molecule has 0 spiro atoms. The number of hydrogen-bond acceptors (Lipinski definition) is 6. The molecule has 3 heterocycles. The molecular formula is C24H19N3NaO4S2. The van der Waals surface area contributed by atoms with Gasteiger partial charge in [-0.15, -0.1) is 11.8 Å². The Bertz CT molecular complexity index is 1300. The fourth-order valence-electron chi connectivity index (χ4n) is 3.91. The van der Waals surface area contributed by atoms with E-state index in [1.807, 2.05) is 66.7 Å². The van der Waals surface area contributed by atoms with E-state index < -0.39 is 23.3 Å². The molecule has 1 saturated heterocycles. The van der Waals surface area contributed by atoms with Crippen molar-refractivity contribution in [3.05, 3.63) is 82.9 Å². The van der Waals surface area contributed by atoms with Crippen molar-refractivity contribution in [2.24, 2.45) is 0 Å². The molecule has 2 aliphatic heterocycles. The van der Waals surface area contributed by atoms with Crippen molar-refractivity contribution in [2.75, 3.05) is 5.75 Å². The van der Waals surface area contributed by atoms with Crippen LogP contribution >= 0.6 is 23.5 Å². The number of rotatable bonds is 6. The summed E-state index contributed by atoms with van der Waals surface area (Å²) in [6, 6.07) is 20.0. The molecule has 1 fully saturated rings. The molecule has 2 atom stereocenters. The van der Waals surface area contributed by atoms with E-state index >= 15 is 0 Å². The summed E-state index contributed by atoms with van der Waals surface area (Å²) < 4.78 is 0. The largest absolute Gasteiger partial charge is 0.477 e. The smallest absolute Gasteiger partial charge is 0.353 e. The number of thioether (sulfide) groups is 2. The molecule has 0 bridgehead atoms. The zero-order chi connectivity index (χ0) is 22.9. The molecule has 0 aliphatic carbocycles. The molecule has 3 aromatic rings. The van der Waals surface area contributed by atoms with Crippen LogP contribution in [0.25, 0.3) is 10.9 Å². The molecule has 5 rings (SSSR count). The minimum absolute atomic E-state index is 0. The van der Waals surface area contributed by atoms with E-state index in [-0.39, 0.29) is 47.6 Å². The van der Waals surface area contributed by atoms with Crippen molar-refractivity contribution in [3.63, 3.8) is 0 Å². The molecule has 10 heteroatoms. The summed E-state index contributed by atoms with van der Waals surface area (Å²) in [5.74, 6) is -1.41. The van der Waals surface area contributed by atoms with E-state index in [1.165, 1.54) is 28.4 Å². The average Bonchev–Trinajstić information content (AvgIpc) is 2.82. The molecule has 0 unspecified atom stereocenters. The molecule has 2 aliphatic rings. The van der Waals surface area contributed by atoms with Crippen molar-refractivity contribution >= 4 is 81.8 Å². The molecule has 1 aromatic heterocycles. The van der Waals surface area contributed by atoms with Gasteiger partial charge in [0.25, 0.3) is 5.91 Å². The first-order valence-corrected chi connectivity index (χ1v) is 12.2. The number of carboxylic acids is 1. The van der Waals surface area contributed by atoms with Gasteiger partial charge in [0, 0.05) is 45.6 Å². The number of pyridine rings is 1. The van der Waals surface area contributed by atoms with E-state index in [0.29, 0.717) is 15.7 Å². The minimum Gasteiger partial charge on any atom is -0.477 e. The number of amides is 2. The summed E-state index contributed by atoms with van der Waals surface area (Å²) in [6.45, 7) is 0. The Morgan fingerprint density at radius 3 is 2.59 bits per heavy atom. The topological polar surface area (TPSA) is 99.6 Å².